The molecule has 4 nitrogen and oxygen atoms in total. The van der Waals surface area contributed by atoms with Crippen LogP contribution in [0.3, 0.4) is 0 Å². The SMILES string of the molecule is CC(CN)C(=O)Nc1ncc(C(C)C)s1.Cl. The van der Waals surface area contributed by atoms with E-state index in [0.29, 0.717) is 17.6 Å². The zero-order valence-electron chi connectivity index (χ0n) is 9.69. The molecule has 0 saturated heterocycles. The average Bonchev–Trinajstić information content (AvgIpc) is 2.65. The van der Waals surface area contributed by atoms with Gasteiger partial charge < -0.3 is 11.1 Å². The van der Waals surface area contributed by atoms with E-state index >= 15 is 0 Å². The van der Waals surface area contributed by atoms with Crippen LogP contribution < -0.4 is 11.1 Å². The van der Waals surface area contributed by atoms with Crippen LogP contribution in [-0.2, 0) is 4.79 Å². The third-order valence-corrected chi connectivity index (χ3v) is 3.34. The van der Waals surface area contributed by atoms with Gasteiger partial charge in [0.15, 0.2) is 5.13 Å². The Labute approximate surface area is 106 Å². The summed E-state index contributed by atoms with van der Waals surface area (Å²) in [4.78, 5) is 16.8. The molecule has 0 radical (unpaired) electrons. The highest BCUT2D eigenvalue weighted by molar-refractivity contribution is 7.15. The van der Waals surface area contributed by atoms with E-state index in [1.165, 1.54) is 16.2 Å². The van der Waals surface area contributed by atoms with Crippen LogP contribution in [0.15, 0.2) is 6.20 Å². The van der Waals surface area contributed by atoms with Crippen molar-refractivity contribution in [2.75, 3.05) is 11.9 Å². The molecule has 1 atom stereocenters. The lowest BCUT2D eigenvalue weighted by Gasteiger charge is -2.06. The number of carbonyl (C=O) groups excluding carboxylic acids is 1. The predicted molar refractivity (Wildman–Crippen MR) is 70.3 cm³/mol. The van der Waals surface area contributed by atoms with Crippen molar-refractivity contribution in [1.82, 2.24) is 4.98 Å². The lowest BCUT2D eigenvalue weighted by Crippen LogP contribution is -2.26. The van der Waals surface area contributed by atoms with Crippen LogP contribution >= 0.6 is 23.7 Å². The Bertz CT molecular complexity index is 341. The standard InChI is InChI=1S/C10H17N3OS.ClH/c1-6(2)8-5-12-10(15-8)13-9(14)7(3)4-11;/h5-7H,4,11H2,1-3H3,(H,12,13,14);1H. The Morgan fingerprint density at radius 3 is 2.62 bits per heavy atom. The Hall–Kier alpha value is -0.650. The number of carbonyl (C=O) groups is 1. The number of nitrogens with two attached hydrogens (primary N) is 1. The molecule has 1 aromatic rings. The fourth-order valence-corrected chi connectivity index (χ4v) is 1.77. The summed E-state index contributed by atoms with van der Waals surface area (Å²) in [6, 6.07) is 0. The van der Waals surface area contributed by atoms with Gasteiger partial charge in [-0.15, -0.1) is 23.7 Å². The van der Waals surface area contributed by atoms with Gasteiger partial charge >= 0.3 is 0 Å². The van der Waals surface area contributed by atoms with E-state index in [9.17, 15) is 4.79 Å². The van der Waals surface area contributed by atoms with Crippen LogP contribution in [0.5, 0.6) is 0 Å². The topological polar surface area (TPSA) is 68.0 Å². The van der Waals surface area contributed by atoms with E-state index in [0.717, 1.165) is 0 Å². The first-order valence-corrected chi connectivity index (χ1v) is 5.83. The van der Waals surface area contributed by atoms with Gasteiger partial charge in [-0.1, -0.05) is 20.8 Å². The van der Waals surface area contributed by atoms with Gasteiger partial charge in [0.2, 0.25) is 5.91 Å². The lowest BCUT2D eigenvalue weighted by molar-refractivity contribution is -0.119. The molecule has 0 bridgehead atoms. The number of anilines is 1. The third-order valence-electron chi connectivity index (χ3n) is 2.12. The van der Waals surface area contributed by atoms with Crippen molar-refractivity contribution in [1.29, 1.82) is 0 Å². The number of hydrogen-bond acceptors (Lipinski definition) is 4. The van der Waals surface area contributed by atoms with Crippen LogP contribution in [-0.4, -0.2) is 17.4 Å². The summed E-state index contributed by atoms with van der Waals surface area (Å²) in [6.45, 7) is 6.35. The van der Waals surface area contributed by atoms with Crippen LogP contribution in [0.4, 0.5) is 5.13 Å². The first-order valence-electron chi connectivity index (χ1n) is 5.01. The Kier molecular flexibility index (Phi) is 6.55. The van der Waals surface area contributed by atoms with E-state index < -0.39 is 0 Å². The van der Waals surface area contributed by atoms with Crippen molar-refractivity contribution in [2.24, 2.45) is 11.7 Å². The van der Waals surface area contributed by atoms with Crippen LogP contribution in [0, 0.1) is 5.92 Å². The van der Waals surface area contributed by atoms with E-state index in [1.807, 2.05) is 0 Å². The summed E-state index contributed by atoms with van der Waals surface area (Å²) in [5.74, 6) is 0.207. The number of hydrogen-bond donors (Lipinski definition) is 2. The smallest absolute Gasteiger partial charge is 0.230 e. The summed E-state index contributed by atoms with van der Waals surface area (Å²) in [5.41, 5.74) is 5.40. The van der Waals surface area contributed by atoms with Gasteiger partial charge in [-0.3, -0.25) is 4.79 Å². The van der Waals surface area contributed by atoms with Crippen LogP contribution in [0.1, 0.15) is 31.6 Å². The maximum Gasteiger partial charge on any atom is 0.230 e. The van der Waals surface area contributed by atoms with E-state index in [4.69, 9.17) is 5.73 Å². The second-order valence-corrected chi connectivity index (χ2v) is 4.91. The summed E-state index contributed by atoms with van der Waals surface area (Å²) in [7, 11) is 0. The molecular formula is C10H18ClN3OS. The van der Waals surface area contributed by atoms with E-state index in [-0.39, 0.29) is 24.2 Å². The molecule has 3 N–H and O–H groups in total. The molecule has 1 heterocycles. The maximum atomic E-state index is 11.5. The molecular weight excluding hydrogens is 246 g/mol. The molecule has 92 valence electrons. The van der Waals surface area contributed by atoms with Gasteiger partial charge in [-0.2, -0.15) is 0 Å². The molecule has 0 aliphatic heterocycles. The highest BCUT2D eigenvalue weighted by Crippen LogP contribution is 2.25. The van der Waals surface area contributed by atoms with Gasteiger partial charge in [-0.05, 0) is 5.92 Å². The number of nitrogens with one attached hydrogen (secondary N) is 1. The summed E-state index contributed by atoms with van der Waals surface area (Å²) < 4.78 is 0. The second-order valence-electron chi connectivity index (χ2n) is 3.85. The fraction of sp³-hybridized carbons (Fsp3) is 0.600. The molecule has 0 aliphatic rings. The van der Waals surface area contributed by atoms with Gasteiger partial charge in [0.1, 0.15) is 0 Å². The lowest BCUT2D eigenvalue weighted by atomic mass is 10.2. The number of thiazole rings is 1. The molecule has 0 spiro atoms. The maximum absolute atomic E-state index is 11.5. The highest BCUT2D eigenvalue weighted by atomic mass is 35.5. The fourth-order valence-electron chi connectivity index (χ4n) is 0.947. The molecule has 1 aromatic heterocycles. The zero-order valence-corrected chi connectivity index (χ0v) is 11.3. The van der Waals surface area contributed by atoms with Gasteiger partial charge in [0, 0.05) is 23.5 Å². The first-order chi connectivity index (χ1) is 7.04. The molecule has 16 heavy (non-hydrogen) atoms. The largest absolute Gasteiger partial charge is 0.330 e. The monoisotopic (exact) mass is 263 g/mol. The summed E-state index contributed by atoms with van der Waals surface area (Å²) in [6.07, 6.45) is 1.80. The van der Waals surface area contributed by atoms with Crippen molar-refractivity contribution in [3.8, 4) is 0 Å². The van der Waals surface area contributed by atoms with Crippen molar-refractivity contribution >= 4 is 34.8 Å². The van der Waals surface area contributed by atoms with Gasteiger partial charge in [-0.25, -0.2) is 4.98 Å². The van der Waals surface area contributed by atoms with Crippen molar-refractivity contribution in [2.45, 2.75) is 26.7 Å². The Morgan fingerprint density at radius 2 is 2.19 bits per heavy atom. The molecule has 0 aliphatic carbocycles. The van der Waals surface area contributed by atoms with E-state index in [2.05, 4.69) is 24.1 Å². The molecule has 0 fully saturated rings. The third kappa shape index (κ3) is 4.08. The molecule has 6 heteroatoms. The van der Waals surface area contributed by atoms with Crippen LogP contribution in [0.2, 0.25) is 0 Å². The number of rotatable bonds is 4. The minimum atomic E-state index is -0.170. The molecule has 1 rings (SSSR count). The number of aromatic nitrogens is 1. The average molecular weight is 264 g/mol. The van der Waals surface area contributed by atoms with Gasteiger partial charge in [0.05, 0.1) is 0 Å². The first kappa shape index (κ1) is 15.3. The second kappa shape index (κ2) is 6.83. The minimum absolute atomic E-state index is 0. The minimum Gasteiger partial charge on any atom is -0.330 e. The van der Waals surface area contributed by atoms with E-state index in [1.54, 1.807) is 13.1 Å². The Balaban J connectivity index is 0.00000225. The molecule has 0 aromatic carbocycles. The van der Waals surface area contributed by atoms with Crippen molar-refractivity contribution in [3.63, 3.8) is 0 Å². The van der Waals surface area contributed by atoms with Crippen molar-refractivity contribution in [3.05, 3.63) is 11.1 Å². The van der Waals surface area contributed by atoms with Gasteiger partial charge in [0.25, 0.3) is 0 Å². The molecule has 1 amide bonds. The molecule has 0 saturated carbocycles. The number of nitrogens with zero attached hydrogens (tertiary/aromatic N) is 1. The predicted octanol–water partition coefficient (Wildman–Crippen LogP) is 2.22. The Morgan fingerprint density at radius 1 is 1.56 bits per heavy atom. The quantitative estimate of drug-likeness (QED) is 0.875. The van der Waals surface area contributed by atoms with Crippen molar-refractivity contribution < 1.29 is 4.79 Å². The molecule has 1 unspecified atom stereocenters. The van der Waals surface area contributed by atoms with Crippen LogP contribution in [0.25, 0.3) is 0 Å². The summed E-state index contributed by atoms with van der Waals surface area (Å²) in [5, 5.41) is 3.41. The zero-order chi connectivity index (χ0) is 11.4. The summed E-state index contributed by atoms with van der Waals surface area (Å²) >= 11 is 1.51. The number of halogens is 1. The normalized spacial score (nSPS) is 12.1. The highest BCUT2D eigenvalue weighted by Gasteiger charge is 2.13. The number of amides is 1.